The molecule has 8 nitrogen and oxygen atoms in total. The Morgan fingerprint density at radius 3 is 2.40 bits per heavy atom. The standard InChI is InChI=1S/C27H30ClF3N2O6S/c1-14-7-16-9-18(12-19(14)27(16,37)13-32-24(35)3-2-6-34)40(38,39)23-8-15(4-5-20(23)28)26(36)33-17-10-21(29)25(31)22(30)11-17/h4-5,8,10-11,14,16,18-19,34,37H,2-3,6-7,9,12-13H2,1H3,(H,32,35)(H,33,36)/t14-,16?,18+,19+,27+/m0/s1. The lowest BCUT2D eigenvalue weighted by Gasteiger charge is -2.43. The maximum Gasteiger partial charge on any atom is 0.255 e. The highest BCUT2D eigenvalue weighted by molar-refractivity contribution is 7.92. The van der Waals surface area contributed by atoms with Gasteiger partial charge in [0.05, 0.1) is 20.8 Å². The average molecular weight is 603 g/mol. The van der Waals surface area contributed by atoms with Crippen LogP contribution in [0.5, 0.6) is 0 Å². The molecular weight excluding hydrogens is 573 g/mol. The predicted molar refractivity (Wildman–Crippen MR) is 141 cm³/mol. The van der Waals surface area contributed by atoms with Crippen molar-refractivity contribution in [3.63, 3.8) is 0 Å². The van der Waals surface area contributed by atoms with Gasteiger partial charge in [0.2, 0.25) is 5.91 Å². The summed E-state index contributed by atoms with van der Waals surface area (Å²) in [5.41, 5.74) is -1.80. The Labute approximate surface area is 234 Å². The second-order valence-electron chi connectivity index (χ2n) is 10.6. The number of anilines is 1. The molecule has 2 aromatic rings. The third-order valence-electron chi connectivity index (χ3n) is 8.07. The highest BCUT2D eigenvalue weighted by atomic mass is 35.5. The van der Waals surface area contributed by atoms with Gasteiger partial charge in [-0.15, -0.1) is 0 Å². The molecule has 2 aliphatic carbocycles. The number of carbonyl (C=O) groups is 2. The minimum absolute atomic E-state index is 0.00590. The van der Waals surface area contributed by atoms with E-state index in [0.29, 0.717) is 25.0 Å². The van der Waals surface area contributed by atoms with Crippen LogP contribution in [0.3, 0.4) is 0 Å². The highest BCUT2D eigenvalue weighted by Gasteiger charge is 2.58. The molecule has 4 rings (SSSR count). The van der Waals surface area contributed by atoms with Crippen LogP contribution in [0.4, 0.5) is 18.9 Å². The van der Waals surface area contributed by atoms with Crippen LogP contribution in [-0.2, 0) is 14.6 Å². The van der Waals surface area contributed by atoms with Crippen LogP contribution >= 0.6 is 11.6 Å². The number of nitrogens with one attached hydrogen (secondary N) is 2. The van der Waals surface area contributed by atoms with Crippen LogP contribution in [-0.4, -0.2) is 54.4 Å². The Bertz CT molecular complexity index is 1400. The van der Waals surface area contributed by atoms with Crippen LogP contribution in [0.25, 0.3) is 0 Å². The van der Waals surface area contributed by atoms with E-state index in [1.54, 1.807) is 0 Å². The van der Waals surface area contributed by atoms with Gasteiger partial charge in [0.1, 0.15) is 0 Å². The van der Waals surface area contributed by atoms with Crippen molar-refractivity contribution >= 4 is 38.9 Å². The fourth-order valence-electron chi connectivity index (χ4n) is 6.02. The van der Waals surface area contributed by atoms with Crippen molar-refractivity contribution in [2.75, 3.05) is 18.5 Å². The normalized spacial score (nSPS) is 26.0. The van der Waals surface area contributed by atoms with Gasteiger partial charge in [-0.3, -0.25) is 9.59 Å². The molecule has 2 aromatic carbocycles. The molecular formula is C27H30ClF3N2O6S. The van der Waals surface area contributed by atoms with Gasteiger partial charge in [-0.25, -0.2) is 21.6 Å². The van der Waals surface area contributed by atoms with E-state index in [4.69, 9.17) is 16.7 Å². The summed E-state index contributed by atoms with van der Waals surface area (Å²) in [5.74, 6) is -6.72. The van der Waals surface area contributed by atoms with Crippen LogP contribution in [0, 0.1) is 35.2 Å². The third kappa shape index (κ3) is 5.86. The molecule has 13 heteroatoms. The second-order valence-corrected chi connectivity index (χ2v) is 13.2. The van der Waals surface area contributed by atoms with Crippen molar-refractivity contribution < 1.29 is 41.4 Å². The van der Waals surface area contributed by atoms with E-state index in [1.807, 2.05) is 6.92 Å². The zero-order chi connectivity index (χ0) is 29.4. The zero-order valence-electron chi connectivity index (χ0n) is 21.6. The van der Waals surface area contributed by atoms with E-state index in [1.165, 1.54) is 12.1 Å². The van der Waals surface area contributed by atoms with Gasteiger partial charge in [-0.1, -0.05) is 18.5 Å². The minimum Gasteiger partial charge on any atom is -0.396 e. The van der Waals surface area contributed by atoms with Crippen molar-refractivity contribution in [1.82, 2.24) is 5.32 Å². The fraction of sp³-hybridized carbons (Fsp3) is 0.481. The second kappa shape index (κ2) is 11.7. The molecule has 0 aromatic heterocycles. The number of hydrogen-bond donors (Lipinski definition) is 4. The zero-order valence-corrected chi connectivity index (χ0v) is 23.2. The van der Waals surface area contributed by atoms with Gasteiger partial charge in [-0.05, 0) is 61.6 Å². The molecule has 40 heavy (non-hydrogen) atoms. The predicted octanol–water partition coefficient (Wildman–Crippen LogP) is 3.84. The molecule has 0 aliphatic heterocycles. The number of benzene rings is 2. The molecule has 0 heterocycles. The molecule has 1 unspecified atom stereocenters. The molecule has 2 amide bonds. The fourth-order valence-corrected chi connectivity index (χ4v) is 8.39. The van der Waals surface area contributed by atoms with Crippen molar-refractivity contribution in [2.45, 2.75) is 54.8 Å². The number of halogens is 4. The summed E-state index contributed by atoms with van der Waals surface area (Å²) >= 11 is 6.26. The molecule has 2 saturated carbocycles. The number of amides is 2. The van der Waals surface area contributed by atoms with Crippen LogP contribution < -0.4 is 10.6 Å². The molecule has 5 atom stereocenters. The largest absolute Gasteiger partial charge is 0.396 e. The van der Waals surface area contributed by atoms with Crippen LogP contribution in [0.1, 0.15) is 49.4 Å². The number of aliphatic hydroxyl groups excluding tert-OH is 1. The SMILES string of the molecule is C[C@H]1CC2C[C@@H](S(=O)(=O)c3cc(C(=O)Nc4cc(F)c(F)c(F)c4)ccc3Cl)C[C@H]1[C@@]2(O)CNC(=O)CCCO. The average Bonchev–Trinajstić information content (AvgIpc) is 3.01. The summed E-state index contributed by atoms with van der Waals surface area (Å²) in [4.78, 5) is 24.5. The van der Waals surface area contributed by atoms with Crippen molar-refractivity contribution in [3.8, 4) is 0 Å². The summed E-state index contributed by atoms with van der Waals surface area (Å²) in [5, 5.41) is 24.3. The third-order valence-corrected chi connectivity index (χ3v) is 10.7. The van der Waals surface area contributed by atoms with Crippen molar-refractivity contribution in [2.24, 2.45) is 17.8 Å². The van der Waals surface area contributed by atoms with Crippen LogP contribution in [0.15, 0.2) is 35.2 Å². The first-order valence-electron chi connectivity index (χ1n) is 12.9. The number of rotatable bonds is 9. The number of sulfone groups is 1. The minimum atomic E-state index is -4.09. The Morgan fingerprint density at radius 1 is 1.10 bits per heavy atom. The molecule has 218 valence electrons. The smallest absolute Gasteiger partial charge is 0.255 e. The lowest BCUT2D eigenvalue weighted by atomic mass is 9.73. The molecule has 0 radical (unpaired) electrons. The summed E-state index contributed by atoms with van der Waals surface area (Å²) in [6, 6.07) is 4.75. The summed E-state index contributed by atoms with van der Waals surface area (Å²) in [6.45, 7) is 1.77. The van der Waals surface area contributed by atoms with E-state index in [9.17, 15) is 36.3 Å². The molecule has 4 N–H and O–H groups in total. The molecule has 2 bridgehead atoms. The van der Waals surface area contributed by atoms with E-state index in [2.05, 4.69) is 10.6 Å². The molecule has 0 saturated heterocycles. The Balaban J connectivity index is 1.53. The van der Waals surface area contributed by atoms with E-state index >= 15 is 0 Å². The summed E-state index contributed by atoms with van der Waals surface area (Å²) < 4.78 is 67.9. The maximum atomic E-state index is 13.8. The Kier molecular flexibility index (Phi) is 8.84. The topological polar surface area (TPSA) is 133 Å². The number of carbonyl (C=O) groups excluding carboxylic acids is 2. The number of hydrogen-bond acceptors (Lipinski definition) is 6. The van der Waals surface area contributed by atoms with Crippen molar-refractivity contribution in [1.29, 1.82) is 0 Å². The van der Waals surface area contributed by atoms with Gasteiger partial charge in [-0.2, -0.15) is 0 Å². The Morgan fingerprint density at radius 2 is 1.77 bits per heavy atom. The molecule has 0 spiro atoms. The first-order chi connectivity index (χ1) is 18.8. The van der Waals surface area contributed by atoms with Gasteiger partial charge < -0.3 is 20.8 Å². The van der Waals surface area contributed by atoms with Crippen molar-refractivity contribution in [3.05, 3.63) is 58.4 Å². The number of aliphatic hydroxyl groups is 2. The first-order valence-corrected chi connectivity index (χ1v) is 14.8. The highest BCUT2D eigenvalue weighted by Crippen LogP contribution is 2.54. The number of fused-ring (bicyclic) bond motifs is 2. The Hall–Kier alpha value is -2.67. The summed E-state index contributed by atoms with van der Waals surface area (Å²) in [7, 11) is -4.09. The monoisotopic (exact) mass is 602 g/mol. The van der Waals surface area contributed by atoms with Gasteiger partial charge in [0.15, 0.2) is 27.3 Å². The van der Waals surface area contributed by atoms with E-state index in [-0.39, 0.29) is 65.4 Å². The first kappa shape index (κ1) is 30.3. The molecule has 2 aliphatic rings. The lowest BCUT2D eigenvalue weighted by molar-refractivity contribution is -0.124. The van der Waals surface area contributed by atoms with Gasteiger partial charge in [0, 0.05) is 43.0 Å². The summed E-state index contributed by atoms with van der Waals surface area (Å²) in [6.07, 6.45) is 1.21. The quantitative estimate of drug-likeness (QED) is 0.323. The maximum absolute atomic E-state index is 13.8. The molecule has 2 fully saturated rings. The van der Waals surface area contributed by atoms with Crippen LogP contribution in [0.2, 0.25) is 5.02 Å². The lowest BCUT2D eigenvalue weighted by Crippen LogP contribution is -2.55. The van der Waals surface area contributed by atoms with E-state index in [0.717, 1.165) is 6.07 Å². The van der Waals surface area contributed by atoms with Gasteiger partial charge in [0.25, 0.3) is 5.91 Å². The van der Waals surface area contributed by atoms with Gasteiger partial charge >= 0.3 is 0 Å². The van der Waals surface area contributed by atoms with E-state index < -0.39 is 55.9 Å².